The van der Waals surface area contributed by atoms with E-state index in [4.69, 9.17) is 4.98 Å². The molecule has 4 rings (SSSR count). The van der Waals surface area contributed by atoms with Gasteiger partial charge in [-0.1, -0.05) is 32.9 Å². The number of fused-ring (bicyclic) bond motifs is 1. The van der Waals surface area contributed by atoms with Crippen LogP contribution in [0.2, 0.25) is 0 Å². The Morgan fingerprint density at radius 2 is 1.65 bits per heavy atom. The highest BCUT2D eigenvalue weighted by atomic mass is 32.1. The Hall–Kier alpha value is -2.58. The minimum absolute atomic E-state index is 0.0135. The fraction of sp³-hybridized carbons (Fsp3) is 0.478. The molecule has 164 valence electrons. The lowest BCUT2D eigenvalue weighted by atomic mass is 9.93. The van der Waals surface area contributed by atoms with E-state index in [-0.39, 0.29) is 36.1 Å². The van der Waals surface area contributed by atoms with Crippen molar-refractivity contribution in [1.29, 1.82) is 0 Å². The van der Waals surface area contributed by atoms with Crippen LogP contribution in [0.3, 0.4) is 0 Å². The van der Waals surface area contributed by atoms with Crippen molar-refractivity contribution in [3.8, 4) is 0 Å². The number of hydrogen-bond donors (Lipinski definition) is 0. The van der Waals surface area contributed by atoms with Crippen LogP contribution in [-0.2, 0) is 16.8 Å². The number of nitrogens with zero attached hydrogens (tertiary/aromatic N) is 4. The lowest BCUT2D eigenvalue weighted by molar-refractivity contribution is -0.133. The smallest absolute Gasteiger partial charge is 0.261 e. The van der Waals surface area contributed by atoms with Gasteiger partial charge in [-0.3, -0.25) is 24.2 Å². The molecule has 2 aliphatic rings. The predicted molar refractivity (Wildman–Crippen MR) is 119 cm³/mol. The van der Waals surface area contributed by atoms with Gasteiger partial charge >= 0.3 is 0 Å². The Bertz CT molecular complexity index is 967. The van der Waals surface area contributed by atoms with Crippen LogP contribution >= 0.6 is 11.3 Å². The maximum absolute atomic E-state index is 12.7. The zero-order valence-corrected chi connectivity index (χ0v) is 19.1. The second-order valence-electron chi connectivity index (χ2n) is 9.09. The zero-order valence-electron chi connectivity index (χ0n) is 18.3. The molecule has 0 N–H and O–H groups in total. The van der Waals surface area contributed by atoms with Crippen LogP contribution in [0.4, 0.5) is 0 Å². The molecule has 1 aromatic carbocycles. The average Bonchev–Trinajstić information content (AvgIpc) is 3.31. The van der Waals surface area contributed by atoms with Crippen molar-refractivity contribution in [2.45, 2.75) is 39.2 Å². The topological polar surface area (TPSA) is 73.8 Å². The van der Waals surface area contributed by atoms with Crippen molar-refractivity contribution < 1.29 is 14.4 Å². The number of piperazine rings is 1. The second-order valence-corrected chi connectivity index (χ2v) is 10.0. The van der Waals surface area contributed by atoms with Gasteiger partial charge in [0.1, 0.15) is 5.01 Å². The van der Waals surface area contributed by atoms with Crippen LogP contribution in [0.15, 0.2) is 29.6 Å². The van der Waals surface area contributed by atoms with E-state index >= 15 is 0 Å². The first-order chi connectivity index (χ1) is 14.7. The van der Waals surface area contributed by atoms with E-state index < -0.39 is 0 Å². The lowest BCUT2D eigenvalue weighted by Crippen LogP contribution is -2.49. The molecule has 2 aromatic rings. The lowest BCUT2D eigenvalue weighted by Gasteiger charge is -2.34. The SMILES string of the molecule is CC(C)(C)c1csc(CN2CCN(C(=O)CCN3C(=O)c4ccccc4C3=O)CC2)n1. The predicted octanol–water partition coefficient (Wildman–Crippen LogP) is 2.77. The molecule has 1 saturated heterocycles. The summed E-state index contributed by atoms with van der Waals surface area (Å²) in [6.45, 7) is 10.3. The van der Waals surface area contributed by atoms with Gasteiger partial charge in [0, 0.05) is 49.9 Å². The first-order valence-corrected chi connectivity index (χ1v) is 11.5. The second kappa shape index (κ2) is 8.51. The first kappa shape index (κ1) is 21.6. The molecule has 0 bridgehead atoms. The summed E-state index contributed by atoms with van der Waals surface area (Å²) in [5.41, 5.74) is 2.02. The molecule has 0 unspecified atom stereocenters. The third kappa shape index (κ3) is 4.55. The molecular weight excluding hydrogens is 412 g/mol. The molecule has 0 saturated carbocycles. The highest BCUT2D eigenvalue weighted by Gasteiger charge is 2.35. The van der Waals surface area contributed by atoms with E-state index in [0.717, 1.165) is 30.3 Å². The average molecular weight is 441 g/mol. The molecule has 0 spiro atoms. The molecule has 3 amide bonds. The van der Waals surface area contributed by atoms with Gasteiger partial charge in [-0.15, -0.1) is 11.3 Å². The Balaban J connectivity index is 1.25. The van der Waals surface area contributed by atoms with Gasteiger partial charge < -0.3 is 4.90 Å². The van der Waals surface area contributed by atoms with Crippen molar-refractivity contribution in [2.24, 2.45) is 0 Å². The van der Waals surface area contributed by atoms with Gasteiger partial charge in [-0.2, -0.15) is 0 Å². The monoisotopic (exact) mass is 440 g/mol. The van der Waals surface area contributed by atoms with E-state index in [9.17, 15) is 14.4 Å². The molecule has 0 aliphatic carbocycles. The van der Waals surface area contributed by atoms with E-state index in [1.54, 1.807) is 35.6 Å². The van der Waals surface area contributed by atoms with E-state index in [1.807, 2.05) is 4.90 Å². The highest BCUT2D eigenvalue weighted by Crippen LogP contribution is 2.25. The van der Waals surface area contributed by atoms with Crippen molar-refractivity contribution in [2.75, 3.05) is 32.7 Å². The fourth-order valence-corrected chi connectivity index (χ4v) is 4.94. The van der Waals surface area contributed by atoms with Crippen LogP contribution in [0.25, 0.3) is 0 Å². The largest absolute Gasteiger partial charge is 0.340 e. The standard InChI is InChI=1S/C23H28N4O3S/c1-23(2,3)18-15-31-19(24-18)14-25-10-12-26(13-11-25)20(28)8-9-27-21(29)16-6-4-5-7-17(16)22(27)30/h4-7,15H,8-14H2,1-3H3. The molecule has 1 fully saturated rings. The van der Waals surface area contributed by atoms with Gasteiger partial charge in [0.25, 0.3) is 11.8 Å². The minimum Gasteiger partial charge on any atom is -0.340 e. The molecule has 8 heteroatoms. The molecule has 31 heavy (non-hydrogen) atoms. The number of rotatable bonds is 5. The number of thiazole rings is 1. The Morgan fingerprint density at radius 1 is 1.03 bits per heavy atom. The van der Waals surface area contributed by atoms with E-state index in [2.05, 4.69) is 31.1 Å². The van der Waals surface area contributed by atoms with Gasteiger partial charge in [0.15, 0.2) is 0 Å². The van der Waals surface area contributed by atoms with Crippen molar-refractivity contribution in [3.05, 3.63) is 51.5 Å². The number of aromatic nitrogens is 1. The number of carbonyl (C=O) groups excluding carboxylic acids is 3. The molecule has 1 aromatic heterocycles. The molecule has 7 nitrogen and oxygen atoms in total. The number of hydrogen-bond acceptors (Lipinski definition) is 6. The third-order valence-corrected chi connectivity index (χ3v) is 6.67. The summed E-state index contributed by atoms with van der Waals surface area (Å²) in [7, 11) is 0. The highest BCUT2D eigenvalue weighted by molar-refractivity contribution is 7.09. The summed E-state index contributed by atoms with van der Waals surface area (Å²) in [4.78, 5) is 47.7. The Kier molecular flexibility index (Phi) is 5.94. The molecule has 3 heterocycles. The normalized spacial score (nSPS) is 17.4. The fourth-order valence-electron chi connectivity index (χ4n) is 3.88. The van der Waals surface area contributed by atoms with Crippen LogP contribution in [-0.4, -0.2) is 70.1 Å². The van der Waals surface area contributed by atoms with Gasteiger partial charge in [-0.25, -0.2) is 4.98 Å². The summed E-state index contributed by atoms with van der Waals surface area (Å²) < 4.78 is 0. The van der Waals surface area contributed by atoms with Gasteiger partial charge in [0.05, 0.1) is 23.4 Å². The minimum atomic E-state index is -0.309. The third-order valence-electron chi connectivity index (χ3n) is 5.83. The summed E-state index contributed by atoms with van der Waals surface area (Å²) in [6.07, 6.45) is 0.160. The summed E-state index contributed by atoms with van der Waals surface area (Å²) in [5, 5.41) is 3.24. The molecule has 0 radical (unpaired) electrons. The van der Waals surface area contributed by atoms with Crippen molar-refractivity contribution in [3.63, 3.8) is 0 Å². The number of benzene rings is 1. The van der Waals surface area contributed by atoms with Crippen LogP contribution in [0.5, 0.6) is 0 Å². The van der Waals surface area contributed by atoms with Crippen molar-refractivity contribution in [1.82, 2.24) is 19.7 Å². The Morgan fingerprint density at radius 3 is 2.19 bits per heavy atom. The van der Waals surface area contributed by atoms with Crippen LogP contribution in [0.1, 0.15) is 58.6 Å². The van der Waals surface area contributed by atoms with Gasteiger partial charge in [0.2, 0.25) is 5.91 Å². The number of carbonyl (C=O) groups is 3. The molecule has 0 atom stereocenters. The van der Waals surface area contributed by atoms with Crippen molar-refractivity contribution >= 4 is 29.1 Å². The first-order valence-electron chi connectivity index (χ1n) is 10.6. The number of amides is 3. The van der Waals surface area contributed by atoms with Crippen LogP contribution < -0.4 is 0 Å². The maximum Gasteiger partial charge on any atom is 0.261 e. The number of imide groups is 1. The zero-order chi connectivity index (χ0) is 22.2. The van der Waals surface area contributed by atoms with E-state index in [1.165, 1.54) is 4.90 Å². The van der Waals surface area contributed by atoms with Gasteiger partial charge in [-0.05, 0) is 12.1 Å². The summed E-state index contributed by atoms with van der Waals surface area (Å²) in [5.74, 6) is -0.631. The summed E-state index contributed by atoms with van der Waals surface area (Å²) in [6, 6.07) is 6.80. The van der Waals surface area contributed by atoms with Crippen LogP contribution in [0, 0.1) is 0 Å². The quantitative estimate of drug-likeness (QED) is 0.669. The summed E-state index contributed by atoms with van der Waals surface area (Å²) >= 11 is 1.69. The Labute approximate surface area is 186 Å². The molecular formula is C23H28N4O3S. The van der Waals surface area contributed by atoms with E-state index in [0.29, 0.717) is 24.2 Å². The maximum atomic E-state index is 12.7. The molecule has 2 aliphatic heterocycles.